The molecule has 0 aromatic heterocycles. The molecule has 0 fully saturated rings. The highest BCUT2D eigenvalue weighted by atomic mass is 16.4. The molecule has 0 bridgehead atoms. The lowest BCUT2D eigenvalue weighted by molar-refractivity contribution is -0.137. The van der Waals surface area contributed by atoms with Crippen molar-refractivity contribution < 1.29 is 9.90 Å². The van der Waals surface area contributed by atoms with Gasteiger partial charge in [0.15, 0.2) is 0 Å². The molecule has 0 amide bonds. The molecule has 0 aliphatic carbocycles. The summed E-state index contributed by atoms with van der Waals surface area (Å²) in [7, 11) is 0. The summed E-state index contributed by atoms with van der Waals surface area (Å²) in [6.45, 7) is 4.53. The van der Waals surface area contributed by atoms with Gasteiger partial charge in [-0.2, -0.15) is 0 Å². The molecule has 0 atom stereocenters. The van der Waals surface area contributed by atoms with Crippen LogP contribution in [0.25, 0.3) is 0 Å². The number of rotatable bonds is 13. The number of unbranched alkanes of at least 4 members (excludes halogenated alkanes) is 8. The quantitative estimate of drug-likeness (QED) is 0.205. The molecule has 0 aliphatic heterocycles. The predicted octanol–water partition coefficient (Wildman–Crippen LogP) is 9.03. The highest BCUT2D eigenvalue weighted by Crippen LogP contribution is 2.38. The second-order valence-corrected chi connectivity index (χ2v) is 9.20. The van der Waals surface area contributed by atoms with E-state index in [0.29, 0.717) is 6.42 Å². The summed E-state index contributed by atoms with van der Waals surface area (Å²) in [6.07, 6.45) is 11.5. The minimum Gasteiger partial charge on any atom is -0.481 e. The van der Waals surface area contributed by atoms with Crippen molar-refractivity contribution in [3.63, 3.8) is 0 Å². The van der Waals surface area contributed by atoms with Crippen LogP contribution in [-0.4, -0.2) is 11.1 Å². The predicted molar refractivity (Wildman–Crippen MR) is 144 cm³/mol. The molecule has 3 rings (SSSR count). The summed E-state index contributed by atoms with van der Waals surface area (Å²) >= 11 is 0. The molecule has 0 saturated carbocycles. The van der Waals surface area contributed by atoms with Crippen molar-refractivity contribution >= 4 is 5.97 Å². The molecule has 0 radical (unpaired) electrons. The second kappa shape index (κ2) is 15.9. The summed E-state index contributed by atoms with van der Waals surface area (Å²) in [6, 6.07) is 32.1. The Bertz CT molecular complexity index is 807. The van der Waals surface area contributed by atoms with Gasteiger partial charge in [-0.05, 0) is 30.0 Å². The fourth-order valence-electron chi connectivity index (χ4n) is 4.40. The first kappa shape index (κ1) is 27.4. The van der Waals surface area contributed by atoms with E-state index in [1.807, 2.05) is 0 Å². The lowest BCUT2D eigenvalue weighted by Gasteiger charge is -2.31. The van der Waals surface area contributed by atoms with E-state index >= 15 is 0 Å². The maximum Gasteiger partial charge on any atom is 0.303 e. The molecule has 2 nitrogen and oxygen atoms in total. The Morgan fingerprint density at radius 1 is 0.588 bits per heavy atom. The van der Waals surface area contributed by atoms with E-state index in [-0.39, 0.29) is 5.41 Å². The Hall–Kier alpha value is -2.87. The van der Waals surface area contributed by atoms with Gasteiger partial charge >= 0.3 is 5.97 Å². The van der Waals surface area contributed by atoms with Crippen molar-refractivity contribution in [2.75, 3.05) is 0 Å². The number of hydrogen-bond donors (Lipinski definition) is 1. The van der Waals surface area contributed by atoms with Crippen molar-refractivity contribution in [1.29, 1.82) is 0 Å². The van der Waals surface area contributed by atoms with Crippen LogP contribution in [0.5, 0.6) is 0 Å². The van der Waals surface area contributed by atoms with Crippen LogP contribution in [0.15, 0.2) is 91.0 Å². The fraction of sp³-hybridized carbons (Fsp3) is 0.406. The van der Waals surface area contributed by atoms with E-state index in [0.717, 1.165) is 12.8 Å². The van der Waals surface area contributed by atoms with Gasteiger partial charge in [0.05, 0.1) is 0 Å². The molecule has 3 aromatic carbocycles. The van der Waals surface area contributed by atoms with Gasteiger partial charge in [-0.25, -0.2) is 0 Å². The molecule has 182 valence electrons. The highest BCUT2D eigenvalue weighted by Gasteiger charge is 2.30. The number of carboxylic acids is 1. The lowest BCUT2D eigenvalue weighted by atomic mass is 9.71. The zero-order valence-electron chi connectivity index (χ0n) is 21.1. The van der Waals surface area contributed by atoms with Crippen LogP contribution in [0, 0.1) is 0 Å². The van der Waals surface area contributed by atoms with Gasteiger partial charge in [0.25, 0.3) is 0 Å². The van der Waals surface area contributed by atoms with Crippen LogP contribution in [0.3, 0.4) is 0 Å². The van der Waals surface area contributed by atoms with Crippen molar-refractivity contribution in [1.82, 2.24) is 0 Å². The number of aliphatic carboxylic acids is 1. The smallest absolute Gasteiger partial charge is 0.303 e. The summed E-state index contributed by atoms with van der Waals surface area (Å²) in [4.78, 5) is 10.2. The standard InChI is InChI=1S/C20H18.C12H24O2/c1-20(17-11-5-2-6-12-17,18-13-7-3-8-14-18)19-15-9-4-10-16-19;1-2-3-4-5-6-7-8-9-10-11-12(13)14/h2-16H,1H3;2-11H2,1H3,(H,13,14). The summed E-state index contributed by atoms with van der Waals surface area (Å²) < 4.78 is 0. The molecule has 0 unspecified atom stereocenters. The average molecular weight is 459 g/mol. The zero-order valence-corrected chi connectivity index (χ0v) is 21.1. The average Bonchev–Trinajstić information content (AvgIpc) is 2.89. The minimum atomic E-state index is -0.659. The molecule has 0 heterocycles. The van der Waals surface area contributed by atoms with Gasteiger partial charge in [0, 0.05) is 11.8 Å². The Labute approximate surface area is 207 Å². The Morgan fingerprint density at radius 3 is 1.24 bits per heavy atom. The van der Waals surface area contributed by atoms with E-state index in [9.17, 15) is 4.79 Å². The normalized spacial score (nSPS) is 10.9. The molecular formula is C32H42O2. The maximum atomic E-state index is 10.2. The second-order valence-electron chi connectivity index (χ2n) is 9.20. The Morgan fingerprint density at radius 2 is 0.912 bits per heavy atom. The van der Waals surface area contributed by atoms with Crippen LogP contribution >= 0.6 is 0 Å². The van der Waals surface area contributed by atoms with Gasteiger partial charge in [-0.3, -0.25) is 4.79 Å². The third kappa shape index (κ3) is 9.17. The molecule has 2 heteroatoms. The molecular weight excluding hydrogens is 416 g/mol. The zero-order chi connectivity index (χ0) is 24.5. The van der Waals surface area contributed by atoms with Crippen LogP contribution in [0.1, 0.15) is 94.7 Å². The fourth-order valence-corrected chi connectivity index (χ4v) is 4.40. The van der Waals surface area contributed by atoms with E-state index in [1.54, 1.807) is 0 Å². The maximum absolute atomic E-state index is 10.2. The van der Waals surface area contributed by atoms with Gasteiger partial charge in [-0.1, -0.05) is 149 Å². The van der Waals surface area contributed by atoms with Crippen molar-refractivity contribution in [2.24, 2.45) is 0 Å². The highest BCUT2D eigenvalue weighted by molar-refractivity contribution is 5.66. The van der Waals surface area contributed by atoms with Crippen molar-refractivity contribution in [3.05, 3.63) is 108 Å². The number of carbonyl (C=O) groups is 1. The summed E-state index contributed by atoms with van der Waals surface area (Å²) in [5, 5.41) is 8.41. The van der Waals surface area contributed by atoms with Crippen molar-refractivity contribution in [2.45, 2.75) is 83.5 Å². The molecule has 34 heavy (non-hydrogen) atoms. The van der Waals surface area contributed by atoms with Crippen LogP contribution in [0.2, 0.25) is 0 Å². The lowest BCUT2D eigenvalue weighted by Crippen LogP contribution is -2.25. The van der Waals surface area contributed by atoms with Gasteiger partial charge < -0.3 is 5.11 Å². The van der Waals surface area contributed by atoms with Crippen LogP contribution < -0.4 is 0 Å². The number of hydrogen-bond acceptors (Lipinski definition) is 1. The first-order chi connectivity index (χ1) is 16.6. The molecule has 0 saturated heterocycles. The van der Waals surface area contributed by atoms with E-state index in [4.69, 9.17) is 5.11 Å². The largest absolute Gasteiger partial charge is 0.481 e. The minimum absolute atomic E-state index is 0.121. The first-order valence-corrected chi connectivity index (χ1v) is 13.0. The number of benzene rings is 3. The topological polar surface area (TPSA) is 37.3 Å². The first-order valence-electron chi connectivity index (χ1n) is 13.0. The van der Waals surface area contributed by atoms with Crippen molar-refractivity contribution in [3.8, 4) is 0 Å². The summed E-state index contributed by atoms with van der Waals surface area (Å²) in [5.74, 6) is -0.659. The SMILES string of the molecule is CC(c1ccccc1)(c1ccccc1)c1ccccc1.CCCCCCCCCCCC(=O)O. The summed E-state index contributed by atoms with van der Waals surface area (Å²) in [5.41, 5.74) is 3.83. The Balaban J connectivity index is 0.000000259. The van der Waals surface area contributed by atoms with E-state index < -0.39 is 5.97 Å². The van der Waals surface area contributed by atoms with Gasteiger partial charge in [0.2, 0.25) is 0 Å². The molecule has 1 N–H and O–H groups in total. The molecule has 0 aliphatic rings. The molecule has 3 aromatic rings. The van der Waals surface area contributed by atoms with E-state index in [2.05, 4.69) is 105 Å². The third-order valence-corrected chi connectivity index (χ3v) is 6.55. The van der Waals surface area contributed by atoms with Gasteiger partial charge in [0.1, 0.15) is 0 Å². The van der Waals surface area contributed by atoms with Gasteiger partial charge in [-0.15, -0.1) is 0 Å². The third-order valence-electron chi connectivity index (χ3n) is 6.55. The number of carboxylic acid groups (broad SMARTS) is 1. The van der Waals surface area contributed by atoms with Crippen LogP contribution in [0.4, 0.5) is 0 Å². The Kier molecular flexibility index (Phi) is 12.8. The van der Waals surface area contributed by atoms with E-state index in [1.165, 1.54) is 61.6 Å². The monoisotopic (exact) mass is 458 g/mol. The van der Waals surface area contributed by atoms with Crippen LogP contribution in [-0.2, 0) is 10.2 Å². The molecule has 0 spiro atoms.